The Hall–Kier alpha value is -4.56. The smallest absolute Gasteiger partial charge is 0.0546 e. The molecule has 0 amide bonds. The monoisotopic (exact) mass is 504 g/mol. The fourth-order valence-electron chi connectivity index (χ4n) is 6.88. The molecule has 0 heterocycles. The van der Waals surface area contributed by atoms with Crippen LogP contribution in [0.15, 0.2) is 121 Å². The predicted octanol–water partition coefficient (Wildman–Crippen LogP) is 10.1. The average Bonchev–Trinajstić information content (AvgIpc) is 3.26. The Labute approximate surface area is 230 Å². The highest BCUT2D eigenvalue weighted by Gasteiger charge is 2.41. The van der Waals surface area contributed by atoms with Crippen LogP contribution in [0.25, 0.3) is 32.7 Å². The molecule has 0 unspecified atom stereocenters. The zero-order valence-corrected chi connectivity index (χ0v) is 22.5. The van der Waals surface area contributed by atoms with E-state index in [4.69, 9.17) is 5.73 Å². The predicted molar refractivity (Wildman–Crippen MR) is 167 cm³/mol. The maximum atomic E-state index is 6.32. The van der Waals surface area contributed by atoms with Crippen LogP contribution in [0.4, 0.5) is 22.7 Å². The summed E-state index contributed by atoms with van der Waals surface area (Å²) in [5.41, 5.74) is 16.0. The maximum Gasteiger partial charge on any atom is 0.0546 e. The van der Waals surface area contributed by atoms with E-state index in [2.05, 4.69) is 134 Å². The molecule has 0 aliphatic heterocycles. The minimum atomic E-state index is -0.0517. The second-order valence-electron chi connectivity index (χ2n) is 10.7. The number of rotatable bonds is 5. The Morgan fingerprint density at radius 3 is 1.92 bits per heavy atom. The summed E-state index contributed by atoms with van der Waals surface area (Å²) in [5.74, 6) is 0. The van der Waals surface area contributed by atoms with Crippen LogP contribution >= 0.6 is 0 Å². The molecular formula is C37H32N2. The lowest BCUT2D eigenvalue weighted by atomic mass is 9.73. The molecule has 6 aromatic carbocycles. The largest absolute Gasteiger partial charge is 0.399 e. The lowest BCUT2D eigenvalue weighted by Crippen LogP contribution is -2.23. The lowest BCUT2D eigenvalue weighted by molar-refractivity contribution is 0.491. The van der Waals surface area contributed by atoms with E-state index in [0.29, 0.717) is 0 Å². The molecule has 2 nitrogen and oxygen atoms in total. The zero-order valence-electron chi connectivity index (χ0n) is 22.5. The van der Waals surface area contributed by atoms with Gasteiger partial charge < -0.3 is 10.6 Å². The van der Waals surface area contributed by atoms with Crippen molar-refractivity contribution in [3.05, 3.63) is 132 Å². The molecule has 39 heavy (non-hydrogen) atoms. The van der Waals surface area contributed by atoms with Gasteiger partial charge in [-0.15, -0.1) is 0 Å². The quantitative estimate of drug-likeness (QED) is 0.187. The number of benzene rings is 6. The second-order valence-corrected chi connectivity index (χ2v) is 10.7. The van der Waals surface area contributed by atoms with E-state index in [9.17, 15) is 0 Å². The summed E-state index contributed by atoms with van der Waals surface area (Å²) in [6.45, 7) is 4.62. The van der Waals surface area contributed by atoms with Crippen molar-refractivity contribution < 1.29 is 0 Å². The van der Waals surface area contributed by atoms with Crippen molar-refractivity contribution >= 4 is 44.3 Å². The molecule has 1 aliphatic rings. The molecule has 0 spiro atoms. The topological polar surface area (TPSA) is 29.3 Å². The van der Waals surface area contributed by atoms with Crippen molar-refractivity contribution in [1.82, 2.24) is 0 Å². The third-order valence-electron chi connectivity index (χ3n) is 8.83. The Kier molecular flexibility index (Phi) is 5.45. The summed E-state index contributed by atoms with van der Waals surface area (Å²) in [5, 5.41) is 5.04. The van der Waals surface area contributed by atoms with Crippen LogP contribution in [0, 0.1) is 0 Å². The summed E-state index contributed by atoms with van der Waals surface area (Å²) < 4.78 is 0. The van der Waals surface area contributed by atoms with Crippen LogP contribution in [0.1, 0.15) is 37.8 Å². The van der Waals surface area contributed by atoms with Crippen molar-refractivity contribution in [3.63, 3.8) is 0 Å². The minimum absolute atomic E-state index is 0.0517. The fraction of sp³-hybridized carbons (Fsp3) is 0.135. The summed E-state index contributed by atoms with van der Waals surface area (Å²) in [4.78, 5) is 2.43. The first-order chi connectivity index (χ1) is 19.1. The van der Waals surface area contributed by atoms with Crippen molar-refractivity contribution in [1.29, 1.82) is 0 Å². The lowest BCUT2D eigenvalue weighted by Gasteiger charge is -2.32. The molecule has 0 atom stereocenters. The number of nitrogens with two attached hydrogens (primary N) is 1. The van der Waals surface area contributed by atoms with E-state index in [1.165, 1.54) is 55.2 Å². The molecule has 0 saturated heterocycles. The van der Waals surface area contributed by atoms with Gasteiger partial charge in [-0.3, -0.25) is 0 Å². The molecule has 2 heteroatoms. The molecule has 1 aliphatic carbocycles. The van der Waals surface area contributed by atoms with Gasteiger partial charge in [-0.1, -0.05) is 92.7 Å². The van der Waals surface area contributed by atoms with Gasteiger partial charge in [0.1, 0.15) is 0 Å². The average molecular weight is 505 g/mol. The summed E-state index contributed by atoms with van der Waals surface area (Å²) in [7, 11) is 0. The molecule has 2 N–H and O–H groups in total. The van der Waals surface area contributed by atoms with E-state index >= 15 is 0 Å². The molecule has 190 valence electrons. The highest BCUT2D eigenvalue weighted by molar-refractivity contribution is 6.14. The van der Waals surface area contributed by atoms with E-state index in [-0.39, 0.29) is 5.41 Å². The third kappa shape index (κ3) is 3.48. The van der Waals surface area contributed by atoms with Crippen molar-refractivity contribution in [2.45, 2.75) is 32.1 Å². The van der Waals surface area contributed by atoms with Gasteiger partial charge >= 0.3 is 0 Å². The first-order valence-electron chi connectivity index (χ1n) is 13.9. The van der Waals surface area contributed by atoms with Gasteiger partial charge in [0.2, 0.25) is 0 Å². The van der Waals surface area contributed by atoms with E-state index in [1.807, 2.05) is 6.07 Å². The Morgan fingerprint density at radius 2 is 1.18 bits per heavy atom. The normalized spacial score (nSPS) is 13.4. The molecule has 7 rings (SSSR count). The van der Waals surface area contributed by atoms with E-state index < -0.39 is 0 Å². The summed E-state index contributed by atoms with van der Waals surface area (Å²) >= 11 is 0. The number of nitrogens with zero attached hydrogens (tertiary/aromatic N) is 1. The van der Waals surface area contributed by atoms with Gasteiger partial charge in [0.25, 0.3) is 0 Å². The van der Waals surface area contributed by atoms with E-state index in [0.717, 1.165) is 24.2 Å². The van der Waals surface area contributed by atoms with Gasteiger partial charge in [-0.2, -0.15) is 0 Å². The number of para-hydroxylation sites is 1. The van der Waals surface area contributed by atoms with Gasteiger partial charge in [-0.25, -0.2) is 0 Å². The Morgan fingerprint density at radius 1 is 0.564 bits per heavy atom. The molecule has 0 aromatic heterocycles. The number of hydrogen-bond donors (Lipinski definition) is 1. The molecule has 6 aromatic rings. The zero-order chi connectivity index (χ0) is 26.6. The minimum Gasteiger partial charge on any atom is -0.399 e. The molecule has 0 saturated carbocycles. The third-order valence-corrected chi connectivity index (χ3v) is 8.83. The highest BCUT2D eigenvalue weighted by atomic mass is 15.1. The van der Waals surface area contributed by atoms with E-state index in [1.54, 1.807) is 0 Å². The second kappa shape index (κ2) is 9.03. The first kappa shape index (κ1) is 23.5. The van der Waals surface area contributed by atoms with Crippen LogP contribution in [0.5, 0.6) is 0 Å². The number of nitrogen functional groups attached to an aromatic ring is 1. The van der Waals surface area contributed by atoms with Crippen LogP contribution in [0.3, 0.4) is 0 Å². The molecule has 0 radical (unpaired) electrons. The van der Waals surface area contributed by atoms with Crippen molar-refractivity contribution in [2.75, 3.05) is 10.6 Å². The van der Waals surface area contributed by atoms with Gasteiger partial charge in [0.05, 0.1) is 5.69 Å². The van der Waals surface area contributed by atoms with Crippen LogP contribution in [-0.2, 0) is 5.41 Å². The van der Waals surface area contributed by atoms with Gasteiger partial charge in [0.15, 0.2) is 0 Å². The van der Waals surface area contributed by atoms with Gasteiger partial charge in [0, 0.05) is 27.9 Å². The fourth-order valence-corrected chi connectivity index (χ4v) is 6.88. The summed E-state index contributed by atoms with van der Waals surface area (Å²) in [6.07, 6.45) is 2.06. The molecule has 0 fully saturated rings. The van der Waals surface area contributed by atoms with Crippen LogP contribution < -0.4 is 10.6 Å². The maximum absolute atomic E-state index is 6.32. The molecular weight excluding hydrogens is 472 g/mol. The van der Waals surface area contributed by atoms with Crippen LogP contribution in [0.2, 0.25) is 0 Å². The van der Waals surface area contributed by atoms with Crippen LogP contribution in [-0.4, -0.2) is 0 Å². The SMILES string of the molecule is CCC1(CC)c2cc(N)ccc2-c2ccc(N(c3ccccc3)c3cc4ccccc4c4ccccc34)cc21. The number of hydrogen-bond acceptors (Lipinski definition) is 2. The Balaban J connectivity index is 1.52. The standard InChI is InChI=1S/C37H32N2/c1-3-37(4-2)34-23-26(38)18-20-31(34)32-21-19-28(24-35(32)37)39(27-13-6-5-7-14-27)36-22-25-12-8-9-15-29(25)30-16-10-11-17-33(30)36/h5-24H,3-4,38H2,1-2H3. The molecule has 0 bridgehead atoms. The highest BCUT2D eigenvalue weighted by Crippen LogP contribution is 2.55. The van der Waals surface area contributed by atoms with Crippen molar-refractivity contribution in [2.24, 2.45) is 0 Å². The summed E-state index contributed by atoms with van der Waals surface area (Å²) in [6, 6.07) is 44.1. The van der Waals surface area contributed by atoms with Gasteiger partial charge in [-0.05, 0) is 93.7 Å². The Bertz CT molecular complexity index is 1850. The number of anilines is 4. The number of fused-ring (bicyclic) bond motifs is 6. The van der Waals surface area contributed by atoms with Crippen molar-refractivity contribution in [3.8, 4) is 11.1 Å². The first-order valence-corrected chi connectivity index (χ1v) is 13.9.